The van der Waals surface area contributed by atoms with Crippen LogP contribution in [-0.4, -0.2) is 16.2 Å². The third-order valence-corrected chi connectivity index (χ3v) is 0. The van der Waals surface area contributed by atoms with Gasteiger partial charge in [-0.3, -0.25) is 4.79 Å². The molecule has 0 rings (SSSR count). The molecule has 0 heterocycles. The van der Waals surface area contributed by atoms with E-state index < -0.39 is 11.1 Å². The third-order valence-electron chi connectivity index (χ3n) is 0. The van der Waals surface area contributed by atoms with Crippen LogP contribution in [0.4, 0.5) is 0 Å². The molecule has 1 N–H and O–H groups in total. The Morgan fingerprint density at radius 2 is 1.50 bits per heavy atom. The Bertz CT molecular complexity index is 75.6. The SMILES string of the molecule is CC(=O)O.O=[N+]([O-])[O-].[Ag+].[Ag]. The van der Waals surface area contributed by atoms with Gasteiger partial charge < -0.3 is 20.4 Å². The summed E-state index contributed by atoms with van der Waals surface area (Å²) in [6.45, 7) is 1.08. The summed E-state index contributed by atoms with van der Waals surface area (Å²) in [6.07, 6.45) is 0. The fraction of sp³-hybridized carbons (Fsp3) is 0.500. The monoisotopic (exact) mass is 336 g/mol. The minimum absolute atomic E-state index is 0. The van der Waals surface area contributed by atoms with Gasteiger partial charge in [0, 0.05) is 29.3 Å². The van der Waals surface area contributed by atoms with E-state index in [1.165, 1.54) is 0 Å². The number of hydrogen-bond acceptors (Lipinski definition) is 4. The molecule has 0 saturated heterocycles. The smallest absolute Gasteiger partial charge is 0.481 e. The van der Waals surface area contributed by atoms with Gasteiger partial charge in [-0.1, -0.05) is 0 Å². The molecule has 0 amide bonds. The molecule has 0 bridgehead atoms. The molecule has 69 valence electrons. The summed E-state index contributed by atoms with van der Waals surface area (Å²) in [6, 6.07) is 0. The molecule has 8 heteroatoms. The van der Waals surface area contributed by atoms with Crippen LogP contribution in [-0.2, 0) is 49.6 Å². The molecule has 0 aliphatic carbocycles. The van der Waals surface area contributed by atoms with Crippen molar-refractivity contribution >= 4 is 5.97 Å². The molecule has 0 saturated carbocycles. The second kappa shape index (κ2) is 16.1. The first kappa shape index (κ1) is 22.5. The molecule has 0 unspecified atom stereocenters. The summed E-state index contributed by atoms with van der Waals surface area (Å²) in [7, 11) is 0. The zero-order chi connectivity index (χ0) is 7.15. The minimum atomic E-state index is -1.75. The van der Waals surface area contributed by atoms with Crippen molar-refractivity contribution in [1.29, 1.82) is 0 Å². The van der Waals surface area contributed by atoms with Gasteiger partial charge in [-0.25, -0.2) is 0 Å². The predicted molar refractivity (Wildman–Crippen MR) is 23.7 cm³/mol. The van der Waals surface area contributed by atoms with Crippen molar-refractivity contribution in [3.63, 3.8) is 0 Å². The van der Waals surface area contributed by atoms with Crippen molar-refractivity contribution in [3.8, 4) is 0 Å². The minimum Gasteiger partial charge on any atom is -0.481 e. The first-order valence-corrected chi connectivity index (χ1v) is 1.48. The standard InChI is InChI=1S/C2H4O2.2Ag.NO3/c1-2(3)4;;;2-1(3)4/h1H3,(H,3,4);;;/q;;+1;-1. The molecule has 0 spiro atoms. The first-order valence-electron chi connectivity index (χ1n) is 1.48. The molecule has 0 atom stereocenters. The number of hydrogen-bond donors (Lipinski definition) is 1. The summed E-state index contributed by atoms with van der Waals surface area (Å²) in [5.41, 5.74) is 0. The number of carboxylic acid groups (broad SMARTS) is 1. The van der Waals surface area contributed by atoms with Gasteiger partial charge in [-0.2, -0.15) is 0 Å². The van der Waals surface area contributed by atoms with Crippen LogP contribution >= 0.6 is 0 Å². The predicted octanol–water partition coefficient (Wildman–Crippen LogP) is -0.153. The average molecular weight is 338 g/mol. The quantitative estimate of drug-likeness (QED) is 0.376. The van der Waals surface area contributed by atoms with E-state index in [0.717, 1.165) is 6.92 Å². The zero-order valence-electron chi connectivity index (χ0n) is 4.63. The van der Waals surface area contributed by atoms with Gasteiger partial charge in [0.05, 0.1) is 5.09 Å². The topological polar surface area (TPSA) is 104 Å². The summed E-state index contributed by atoms with van der Waals surface area (Å²) in [4.78, 5) is 17.2. The Morgan fingerprint density at radius 3 is 1.50 bits per heavy atom. The first-order chi connectivity index (χ1) is 3.46. The molecule has 1 radical (unpaired) electrons. The average Bonchev–Trinajstić information content (AvgIpc) is 1.25. The summed E-state index contributed by atoms with van der Waals surface area (Å²) < 4.78 is 0. The molecule has 0 aromatic carbocycles. The van der Waals surface area contributed by atoms with E-state index in [1.54, 1.807) is 0 Å². The van der Waals surface area contributed by atoms with Gasteiger partial charge in [-0.05, 0) is 0 Å². The van der Waals surface area contributed by atoms with Crippen LogP contribution < -0.4 is 0 Å². The van der Waals surface area contributed by atoms with E-state index in [0.29, 0.717) is 0 Å². The van der Waals surface area contributed by atoms with Crippen LogP contribution in [0.3, 0.4) is 0 Å². The molecule has 0 fully saturated rings. The zero-order valence-corrected chi connectivity index (χ0v) is 7.59. The number of carbonyl (C=O) groups is 1. The normalized spacial score (nSPS) is 4.90. The second-order valence-corrected chi connectivity index (χ2v) is 0.743. The Labute approximate surface area is 87.7 Å². The number of carboxylic acids is 1. The fourth-order valence-electron chi connectivity index (χ4n) is 0. The van der Waals surface area contributed by atoms with Gasteiger partial charge in [0.2, 0.25) is 0 Å². The van der Waals surface area contributed by atoms with E-state index in [4.69, 9.17) is 25.2 Å². The maximum absolute atomic E-state index is 9.00. The molecular formula is C2H4Ag2NO5. The molecular weight excluding hydrogens is 334 g/mol. The van der Waals surface area contributed by atoms with Crippen molar-refractivity contribution in [1.82, 2.24) is 0 Å². The Morgan fingerprint density at radius 1 is 1.50 bits per heavy atom. The molecule has 0 aliphatic heterocycles. The van der Waals surface area contributed by atoms with Crippen molar-refractivity contribution in [2.24, 2.45) is 0 Å². The Balaban J connectivity index is -0.0000000300. The van der Waals surface area contributed by atoms with Crippen LogP contribution in [0.2, 0.25) is 0 Å². The molecule has 0 aromatic heterocycles. The number of aliphatic carboxylic acids is 1. The van der Waals surface area contributed by atoms with Crippen LogP contribution in [0.1, 0.15) is 6.92 Å². The van der Waals surface area contributed by atoms with Crippen molar-refractivity contribution in [2.45, 2.75) is 6.92 Å². The Hall–Kier alpha value is 0.151. The fourth-order valence-corrected chi connectivity index (χ4v) is 0. The molecule has 0 aromatic rings. The van der Waals surface area contributed by atoms with Gasteiger partial charge >= 0.3 is 22.4 Å². The van der Waals surface area contributed by atoms with Crippen LogP contribution in [0, 0.1) is 15.3 Å². The van der Waals surface area contributed by atoms with Crippen molar-refractivity contribution in [2.75, 3.05) is 0 Å². The maximum Gasteiger partial charge on any atom is 1.00 e. The van der Waals surface area contributed by atoms with E-state index in [9.17, 15) is 0 Å². The van der Waals surface area contributed by atoms with Crippen molar-refractivity contribution in [3.05, 3.63) is 15.3 Å². The maximum atomic E-state index is 9.00. The number of nitrogens with zero attached hydrogens (tertiary/aromatic N) is 1. The summed E-state index contributed by atoms with van der Waals surface area (Å²) in [5, 5.41) is 22.2. The summed E-state index contributed by atoms with van der Waals surface area (Å²) >= 11 is 0. The molecule has 0 aliphatic rings. The van der Waals surface area contributed by atoms with Gasteiger partial charge in [0.15, 0.2) is 0 Å². The summed E-state index contributed by atoms with van der Waals surface area (Å²) in [5.74, 6) is -0.833. The molecule has 10 heavy (non-hydrogen) atoms. The van der Waals surface area contributed by atoms with Crippen LogP contribution in [0.25, 0.3) is 0 Å². The van der Waals surface area contributed by atoms with Crippen molar-refractivity contribution < 1.29 is 59.7 Å². The van der Waals surface area contributed by atoms with Crippen LogP contribution in [0.15, 0.2) is 0 Å². The third kappa shape index (κ3) is 18400. The van der Waals surface area contributed by atoms with E-state index >= 15 is 0 Å². The van der Waals surface area contributed by atoms with Gasteiger partial charge in [-0.15, -0.1) is 0 Å². The Kier molecular flexibility index (Phi) is 36.1. The number of rotatable bonds is 0. The van der Waals surface area contributed by atoms with E-state index in [1.807, 2.05) is 0 Å². The van der Waals surface area contributed by atoms with E-state index in [-0.39, 0.29) is 44.8 Å². The molecule has 6 nitrogen and oxygen atoms in total. The van der Waals surface area contributed by atoms with Gasteiger partial charge in [0.25, 0.3) is 5.97 Å². The largest absolute Gasteiger partial charge is 1.00 e. The van der Waals surface area contributed by atoms with Gasteiger partial charge in [0.1, 0.15) is 0 Å². The second-order valence-electron chi connectivity index (χ2n) is 0.743. The van der Waals surface area contributed by atoms with Crippen LogP contribution in [0.5, 0.6) is 0 Å². The van der Waals surface area contributed by atoms with E-state index in [2.05, 4.69) is 0 Å².